The number of ether oxygens (including phenoxy) is 1. The first-order valence-corrected chi connectivity index (χ1v) is 10.0. The van der Waals surface area contributed by atoms with Gasteiger partial charge in [0.25, 0.3) is 0 Å². The van der Waals surface area contributed by atoms with E-state index in [2.05, 4.69) is 5.10 Å². The molecule has 0 radical (unpaired) electrons. The number of aliphatic hydroxyl groups is 1. The molecule has 0 saturated heterocycles. The van der Waals surface area contributed by atoms with E-state index in [1.807, 2.05) is 37.3 Å². The molecule has 2 aromatic carbocycles. The molecular weight excluding hydrogens is 396 g/mol. The van der Waals surface area contributed by atoms with E-state index in [-0.39, 0.29) is 28.4 Å². The zero-order chi connectivity index (χ0) is 22.2. The van der Waals surface area contributed by atoms with Gasteiger partial charge in [-0.05, 0) is 39.8 Å². The van der Waals surface area contributed by atoms with Crippen LogP contribution in [-0.2, 0) is 5.41 Å². The van der Waals surface area contributed by atoms with Gasteiger partial charge < -0.3 is 20.1 Å². The number of Topliss-reactive ketones (excluding diaryl/α,β-unsaturated/α-hetero) is 1. The van der Waals surface area contributed by atoms with Gasteiger partial charge >= 0.3 is 0 Å². The van der Waals surface area contributed by atoms with Gasteiger partial charge in [-0.15, -0.1) is 0 Å². The molecule has 3 N–H and O–H groups in total. The number of rotatable bonds is 2. The van der Waals surface area contributed by atoms with Gasteiger partial charge in [-0.2, -0.15) is 5.10 Å². The van der Waals surface area contributed by atoms with Crippen molar-refractivity contribution in [2.45, 2.75) is 39.2 Å². The number of aryl methyl sites for hydroxylation is 1. The van der Waals surface area contributed by atoms with Crippen LogP contribution < -0.4 is 4.74 Å². The largest absolute Gasteiger partial charge is 0.507 e. The van der Waals surface area contributed by atoms with Gasteiger partial charge in [-0.3, -0.25) is 4.79 Å². The third-order valence-corrected chi connectivity index (χ3v) is 6.47. The highest BCUT2D eigenvalue weighted by Gasteiger charge is 2.55. The van der Waals surface area contributed by atoms with Crippen LogP contribution in [-0.4, -0.2) is 30.9 Å². The molecule has 0 unspecified atom stereocenters. The Morgan fingerprint density at radius 2 is 1.84 bits per heavy atom. The van der Waals surface area contributed by atoms with E-state index in [0.29, 0.717) is 28.3 Å². The number of phenolic OH excluding ortho intramolecular Hbond substituents is 2. The number of hydrogen-bond donors (Lipinski definition) is 3. The van der Waals surface area contributed by atoms with Gasteiger partial charge in [-0.1, -0.05) is 18.2 Å². The Labute approximate surface area is 178 Å². The van der Waals surface area contributed by atoms with Crippen LogP contribution in [0.25, 0.3) is 11.8 Å². The highest BCUT2D eigenvalue weighted by Crippen LogP contribution is 2.61. The minimum Gasteiger partial charge on any atom is -0.507 e. The Morgan fingerprint density at radius 3 is 2.48 bits per heavy atom. The maximum atomic E-state index is 12.3. The maximum absolute atomic E-state index is 12.3. The zero-order valence-electron chi connectivity index (χ0n) is 17.6. The molecule has 31 heavy (non-hydrogen) atoms. The number of aromatic hydroxyl groups is 2. The molecule has 0 spiro atoms. The van der Waals surface area contributed by atoms with Crippen LogP contribution >= 0.6 is 0 Å². The Morgan fingerprint density at radius 1 is 1.16 bits per heavy atom. The molecule has 0 saturated carbocycles. The summed E-state index contributed by atoms with van der Waals surface area (Å²) < 4.78 is 7.81. The van der Waals surface area contributed by atoms with Crippen LogP contribution in [0.5, 0.6) is 17.2 Å². The van der Waals surface area contributed by atoms with Crippen LogP contribution in [0.1, 0.15) is 58.4 Å². The molecule has 0 fully saturated rings. The number of carbonyl (C=O) groups is 1. The van der Waals surface area contributed by atoms with Crippen molar-refractivity contribution >= 4 is 11.9 Å². The lowest BCUT2D eigenvalue weighted by Gasteiger charge is -2.34. The molecule has 0 amide bonds. The molecule has 5 rings (SSSR count). The second kappa shape index (κ2) is 6.21. The second-order valence-corrected chi connectivity index (χ2v) is 8.30. The number of carbonyl (C=O) groups excluding carboxylic acids is 1. The third-order valence-electron chi connectivity index (χ3n) is 6.47. The van der Waals surface area contributed by atoms with Crippen molar-refractivity contribution < 1.29 is 24.9 Å². The van der Waals surface area contributed by atoms with E-state index >= 15 is 0 Å². The first kappa shape index (κ1) is 19.4. The van der Waals surface area contributed by atoms with Crippen molar-refractivity contribution in [3.8, 4) is 22.9 Å². The van der Waals surface area contributed by atoms with Gasteiger partial charge in [-0.25, -0.2) is 4.68 Å². The Balaban J connectivity index is 1.81. The van der Waals surface area contributed by atoms with E-state index in [1.54, 1.807) is 17.7 Å². The molecule has 7 nitrogen and oxygen atoms in total. The predicted molar refractivity (Wildman–Crippen MR) is 114 cm³/mol. The molecule has 3 aromatic rings. The summed E-state index contributed by atoms with van der Waals surface area (Å²) in [7, 11) is 0. The van der Waals surface area contributed by atoms with E-state index in [1.165, 1.54) is 13.8 Å². The lowest BCUT2D eigenvalue weighted by molar-refractivity contribution is 0.0966. The zero-order valence-corrected chi connectivity index (χ0v) is 17.6. The van der Waals surface area contributed by atoms with Gasteiger partial charge in [0.1, 0.15) is 28.6 Å². The van der Waals surface area contributed by atoms with Gasteiger partial charge in [0.05, 0.1) is 34.2 Å². The van der Waals surface area contributed by atoms with E-state index in [4.69, 9.17) is 4.74 Å². The number of ketones is 1. The number of benzene rings is 2. The lowest BCUT2D eigenvalue weighted by Crippen LogP contribution is -2.34. The maximum Gasteiger partial charge on any atom is 0.167 e. The number of hydrogen-bond acceptors (Lipinski definition) is 6. The fourth-order valence-corrected chi connectivity index (χ4v) is 4.74. The molecule has 1 aliphatic carbocycles. The van der Waals surface area contributed by atoms with Gasteiger partial charge in [0.15, 0.2) is 5.78 Å². The quantitative estimate of drug-likeness (QED) is 0.546. The van der Waals surface area contributed by atoms with Crippen LogP contribution in [0.2, 0.25) is 0 Å². The number of phenols is 2. The lowest BCUT2D eigenvalue weighted by atomic mass is 9.70. The Hall–Kier alpha value is -3.58. The average molecular weight is 418 g/mol. The first-order chi connectivity index (χ1) is 14.7. The predicted octanol–water partition coefficient (Wildman–Crippen LogP) is 3.84. The SMILES string of the molecule is CC(=O)c1c(O)c(C)c(O)c2c1OC1=Cc3c(c(C)nn3-c3ccccc3)[C@H](O)[C@]12C. The van der Waals surface area contributed by atoms with Crippen molar-refractivity contribution in [3.05, 3.63) is 69.7 Å². The Kier molecular flexibility index (Phi) is 3.89. The summed E-state index contributed by atoms with van der Waals surface area (Å²) in [4.78, 5) is 12.3. The highest BCUT2D eigenvalue weighted by molar-refractivity contribution is 6.02. The second-order valence-electron chi connectivity index (χ2n) is 8.30. The van der Waals surface area contributed by atoms with Crippen molar-refractivity contribution in [2.75, 3.05) is 0 Å². The normalized spacial score (nSPS) is 21.1. The van der Waals surface area contributed by atoms with Crippen LogP contribution in [0.3, 0.4) is 0 Å². The molecule has 0 bridgehead atoms. The monoisotopic (exact) mass is 418 g/mol. The summed E-state index contributed by atoms with van der Waals surface area (Å²) in [6.07, 6.45) is 0.695. The molecule has 2 aliphatic rings. The molecular formula is C24H22N2O5. The minimum atomic E-state index is -1.15. The van der Waals surface area contributed by atoms with Crippen LogP contribution in [0.15, 0.2) is 36.1 Å². The third kappa shape index (κ3) is 2.32. The molecule has 158 valence electrons. The fourth-order valence-electron chi connectivity index (χ4n) is 4.74. The highest BCUT2D eigenvalue weighted by atomic mass is 16.5. The molecule has 7 heteroatoms. The van der Waals surface area contributed by atoms with Gasteiger partial charge in [0.2, 0.25) is 0 Å². The summed E-state index contributed by atoms with van der Waals surface area (Å²) in [5.41, 5.74) is 2.09. The summed E-state index contributed by atoms with van der Waals surface area (Å²) >= 11 is 0. The van der Waals surface area contributed by atoms with Crippen molar-refractivity contribution in [1.82, 2.24) is 9.78 Å². The summed E-state index contributed by atoms with van der Waals surface area (Å²) in [5.74, 6) is -0.437. The van der Waals surface area contributed by atoms with E-state index in [0.717, 1.165) is 5.69 Å². The van der Waals surface area contributed by atoms with Crippen molar-refractivity contribution in [1.29, 1.82) is 0 Å². The van der Waals surface area contributed by atoms with Gasteiger partial charge in [0, 0.05) is 17.2 Å². The van der Waals surface area contributed by atoms with Crippen LogP contribution in [0, 0.1) is 13.8 Å². The average Bonchev–Trinajstić information content (AvgIpc) is 3.22. The molecule has 1 aromatic heterocycles. The van der Waals surface area contributed by atoms with Crippen LogP contribution in [0.4, 0.5) is 0 Å². The number of aliphatic hydroxyl groups excluding tert-OH is 1. The number of para-hydroxylation sites is 1. The van der Waals surface area contributed by atoms with Crippen molar-refractivity contribution in [3.63, 3.8) is 0 Å². The fraction of sp³-hybridized carbons (Fsp3) is 0.250. The minimum absolute atomic E-state index is 0.000473. The number of nitrogens with zero attached hydrogens (tertiary/aromatic N) is 2. The smallest absolute Gasteiger partial charge is 0.167 e. The summed E-state index contributed by atoms with van der Waals surface area (Å²) in [5, 5.41) is 37.6. The van der Waals surface area contributed by atoms with E-state index in [9.17, 15) is 20.1 Å². The Bertz CT molecular complexity index is 1310. The van der Waals surface area contributed by atoms with Crippen molar-refractivity contribution in [2.24, 2.45) is 0 Å². The molecule has 2 heterocycles. The first-order valence-electron chi connectivity index (χ1n) is 10.0. The summed E-state index contributed by atoms with van der Waals surface area (Å²) in [6.45, 7) is 6.44. The standard InChI is InChI=1S/C24H22N2O5/c1-11-20(28)18(13(3)27)22-19(21(11)29)24(4)16(31-22)10-15-17(23(24)30)12(2)25-26(15)14-8-6-5-7-9-14/h5-10,23,28-30H,1-4H3/t23-,24+/m0/s1. The van der Waals surface area contributed by atoms with E-state index < -0.39 is 17.3 Å². The number of aromatic nitrogens is 2. The number of fused-ring (bicyclic) bond motifs is 4. The molecule has 2 atom stereocenters. The summed E-state index contributed by atoms with van der Waals surface area (Å²) in [6, 6.07) is 9.54. The topological polar surface area (TPSA) is 105 Å². The molecule has 1 aliphatic heterocycles.